The minimum absolute atomic E-state index is 0.0813. The number of anilines is 1. The maximum Gasteiger partial charge on any atom is 0.263 e. The Hall–Kier alpha value is -1.59. The number of amides is 1. The highest BCUT2D eigenvalue weighted by atomic mass is 16.5. The summed E-state index contributed by atoms with van der Waals surface area (Å²) in [6.45, 7) is 5.93. The Morgan fingerprint density at radius 3 is 2.95 bits per heavy atom. The summed E-state index contributed by atoms with van der Waals surface area (Å²) >= 11 is 0. The number of rotatable bonds is 5. The first-order valence-electron chi connectivity index (χ1n) is 7.11. The molecule has 0 radical (unpaired) electrons. The quantitative estimate of drug-likeness (QED) is 0.484. The van der Waals surface area contributed by atoms with Crippen LogP contribution in [-0.2, 0) is 9.53 Å². The van der Waals surface area contributed by atoms with Crippen molar-refractivity contribution in [3.8, 4) is 0 Å². The summed E-state index contributed by atoms with van der Waals surface area (Å²) in [5.74, 6) is 4.91. The number of carbonyl (C=O) groups excluding carboxylic acids is 1. The van der Waals surface area contributed by atoms with E-state index in [9.17, 15) is 4.79 Å². The minimum atomic E-state index is -0.402. The van der Waals surface area contributed by atoms with Crippen molar-refractivity contribution in [3.05, 3.63) is 29.8 Å². The van der Waals surface area contributed by atoms with E-state index < -0.39 is 6.10 Å². The number of benzene rings is 1. The molecule has 1 saturated heterocycles. The van der Waals surface area contributed by atoms with Crippen LogP contribution in [0.1, 0.15) is 25.3 Å². The summed E-state index contributed by atoms with van der Waals surface area (Å²) in [5, 5.41) is 0. The number of ether oxygens (including phenoxy) is 1. The maximum atomic E-state index is 11.5. The van der Waals surface area contributed by atoms with Crippen LogP contribution in [0.4, 0.5) is 5.69 Å². The lowest BCUT2D eigenvalue weighted by atomic mass is 10.1. The molecule has 1 aliphatic rings. The number of hydrazine groups is 1. The predicted molar refractivity (Wildman–Crippen MR) is 79.3 cm³/mol. The van der Waals surface area contributed by atoms with Crippen LogP contribution in [0.15, 0.2) is 24.3 Å². The van der Waals surface area contributed by atoms with Crippen molar-refractivity contribution in [3.63, 3.8) is 0 Å². The number of nitrogens with two attached hydrogens (primary N) is 1. The normalized spacial score (nSPS) is 21.8. The molecule has 3 N–H and O–H groups in total. The van der Waals surface area contributed by atoms with Gasteiger partial charge in [-0.25, -0.2) is 5.84 Å². The summed E-state index contributed by atoms with van der Waals surface area (Å²) in [6.07, 6.45) is 1.30. The van der Waals surface area contributed by atoms with Gasteiger partial charge in [0, 0.05) is 18.8 Å². The summed E-state index contributed by atoms with van der Waals surface area (Å²) in [6, 6.07) is 8.43. The van der Waals surface area contributed by atoms with Crippen molar-refractivity contribution in [2.24, 2.45) is 5.84 Å². The number of nitrogens with one attached hydrogen (secondary N) is 1. The molecule has 0 aromatic heterocycles. The van der Waals surface area contributed by atoms with E-state index in [-0.39, 0.29) is 12.0 Å². The highest BCUT2D eigenvalue weighted by Crippen LogP contribution is 2.23. The van der Waals surface area contributed by atoms with Crippen LogP contribution in [0.2, 0.25) is 0 Å². The van der Waals surface area contributed by atoms with Gasteiger partial charge in [0.1, 0.15) is 6.10 Å². The van der Waals surface area contributed by atoms with Crippen molar-refractivity contribution in [2.45, 2.75) is 38.9 Å². The molecular formula is C15H23N3O2. The fourth-order valence-corrected chi connectivity index (χ4v) is 2.61. The van der Waals surface area contributed by atoms with Crippen molar-refractivity contribution >= 4 is 11.6 Å². The molecule has 20 heavy (non-hydrogen) atoms. The topological polar surface area (TPSA) is 67.6 Å². The Bertz CT molecular complexity index is 464. The number of nitrogens with zero attached hydrogens (tertiary/aromatic N) is 1. The van der Waals surface area contributed by atoms with Crippen molar-refractivity contribution < 1.29 is 9.53 Å². The highest BCUT2D eigenvalue weighted by molar-refractivity contribution is 5.80. The fraction of sp³-hybridized carbons (Fsp3) is 0.533. The Morgan fingerprint density at radius 1 is 1.50 bits per heavy atom. The lowest BCUT2D eigenvalue weighted by Gasteiger charge is -2.26. The van der Waals surface area contributed by atoms with Crippen LogP contribution in [0.25, 0.3) is 0 Å². The molecule has 1 amide bonds. The lowest BCUT2D eigenvalue weighted by Crippen LogP contribution is -2.40. The fourth-order valence-electron chi connectivity index (χ4n) is 2.61. The standard InChI is InChI=1S/C15H23N3O2/c1-3-18(12-6-4-5-11(2)9-12)10-13-7-8-14(20-13)15(19)17-16/h4-6,9,13-14H,3,7-8,10,16H2,1-2H3,(H,17,19). The van der Waals surface area contributed by atoms with Gasteiger partial charge in [-0.1, -0.05) is 12.1 Å². The zero-order valence-electron chi connectivity index (χ0n) is 12.1. The Labute approximate surface area is 120 Å². The molecule has 1 aliphatic heterocycles. The zero-order valence-corrected chi connectivity index (χ0v) is 12.1. The summed E-state index contributed by atoms with van der Waals surface area (Å²) in [5.41, 5.74) is 4.60. The molecule has 0 bridgehead atoms. The zero-order chi connectivity index (χ0) is 14.5. The van der Waals surface area contributed by atoms with Gasteiger partial charge in [-0.05, 0) is 44.4 Å². The molecule has 5 nitrogen and oxygen atoms in total. The molecule has 2 unspecified atom stereocenters. The Kier molecular flexibility index (Phi) is 4.98. The average molecular weight is 277 g/mol. The number of carbonyl (C=O) groups is 1. The Balaban J connectivity index is 1.96. The van der Waals surface area contributed by atoms with E-state index in [0.717, 1.165) is 25.9 Å². The molecule has 110 valence electrons. The molecule has 5 heteroatoms. The summed E-state index contributed by atoms with van der Waals surface area (Å²) in [7, 11) is 0. The van der Waals surface area contributed by atoms with Crippen LogP contribution in [0, 0.1) is 6.92 Å². The van der Waals surface area contributed by atoms with Crippen molar-refractivity contribution in [1.82, 2.24) is 5.43 Å². The third-order valence-electron chi connectivity index (χ3n) is 3.71. The molecule has 1 fully saturated rings. The van der Waals surface area contributed by atoms with E-state index in [1.54, 1.807) is 0 Å². The minimum Gasteiger partial charge on any atom is -0.369 e. The lowest BCUT2D eigenvalue weighted by molar-refractivity contribution is -0.131. The smallest absolute Gasteiger partial charge is 0.263 e. The van der Waals surface area contributed by atoms with Gasteiger partial charge in [0.25, 0.3) is 5.91 Å². The van der Waals surface area contributed by atoms with Gasteiger partial charge in [-0.3, -0.25) is 10.2 Å². The number of hydrogen-bond acceptors (Lipinski definition) is 4. The first kappa shape index (κ1) is 14.8. The van der Waals surface area contributed by atoms with Crippen LogP contribution < -0.4 is 16.2 Å². The van der Waals surface area contributed by atoms with E-state index in [2.05, 4.69) is 48.4 Å². The van der Waals surface area contributed by atoms with Gasteiger partial charge in [-0.15, -0.1) is 0 Å². The van der Waals surface area contributed by atoms with Gasteiger partial charge in [0.2, 0.25) is 0 Å². The molecule has 0 spiro atoms. The number of hydrogen-bond donors (Lipinski definition) is 2. The highest BCUT2D eigenvalue weighted by Gasteiger charge is 2.31. The molecule has 0 saturated carbocycles. The third kappa shape index (κ3) is 3.49. The molecule has 1 aromatic carbocycles. The van der Waals surface area contributed by atoms with Gasteiger partial charge in [0.15, 0.2) is 0 Å². The largest absolute Gasteiger partial charge is 0.369 e. The van der Waals surface area contributed by atoms with Crippen molar-refractivity contribution in [2.75, 3.05) is 18.0 Å². The second-order valence-electron chi connectivity index (χ2n) is 5.21. The molecule has 2 rings (SSSR count). The van der Waals surface area contributed by atoms with Crippen LogP contribution in [0.3, 0.4) is 0 Å². The van der Waals surface area contributed by atoms with Crippen LogP contribution in [0.5, 0.6) is 0 Å². The maximum absolute atomic E-state index is 11.5. The summed E-state index contributed by atoms with van der Waals surface area (Å²) in [4.78, 5) is 13.7. The van der Waals surface area contributed by atoms with E-state index in [1.807, 2.05) is 0 Å². The van der Waals surface area contributed by atoms with Gasteiger partial charge >= 0.3 is 0 Å². The number of likely N-dealkylation sites (N-methyl/N-ethyl adjacent to an activating group) is 1. The molecule has 1 aromatic rings. The van der Waals surface area contributed by atoms with Gasteiger partial charge < -0.3 is 9.64 Å². The van der Waals surface area contributed by atoms with E-state index >= 15 is 0 Å². The third-order valence-corrected chi connectivity index (χ3v) is 3.71. The number of aryl methyl sites for hydroxylation is 1. The summed E-state index contributed by atoms with van der Waals surface area (Å²) < 4.78 is 5.76. The predicted octanol–water partition coefficient (Wildman–Crippen LogP) is 1.36. The average Bonchev–Trinajstić information content (AvgIpc) is 2.92. The first-order valence-corrected chi connectivity index (χ1v) is 7.11. The van der Waals surface area contributed by atoms with Crippen molar-refractivity contribution in [1.29, 1.82) is 0 Å². The molecular weight excluding hydrogens is 254 g/mol. The van der Waals surface area contributed by atoms with E-state index in [1.165, 1.54) is 11.3 Å². The van der Waals surface area contributed by atoms with E-state index in [0.29, 0.717) is 0 Å². The second kappa shape index (κ2) is 6.72. The monoisotopic (exact) mass is 277 g/mol. The van der Waals surface area contributed by atoms with Gasteiger partial charge in [0.05, 0.1) is 6.10 Å². The van der Waals surface area contributed by atoms with E-state index in [4.69, 9.17) is 10.6 Å². The van der Waals surface area contributed by atoms with Crippen LogP contribution >= 0.6 is 0 Å². The SMILES string of the molecule is CCN(CC1CCC(C(=O)NN)O1)c1cccc(C)c1. The van der Waals surface area contributed by atoms with Crippen LogP contribution in [-0.4, -0.2) is 31.2 Å². The molecule has 2 atom stereocenters. The molecule has 0 aliphatic carbocycles. The Morgan fingerprint density at radius 2 is 2.30 bits per heavy atom. The molecule has 1 heterocycles. The first-order chi connectivity index (χ1) is 9.63. The second-order valence-corrected chi connectivity index (χ2v) is 5.21. The van der Waals surface area contributed by atoms with Gasteiger partial charge in [-0.2, -0.15) is 0 Å².